The van der Waals surface area contributed by atoms with E-state index in [2.05, 4.69) is 22.2 Å². The summed E-state index contributed by atoms with van der Waals surface area (Å²) in [5, 5.41) is 3.09. The Kier molecular flexibility index (Phi) is 6.71. The first kappa shape index (κ1) is 22.0. The van der Waals surface area contributed by atoms with Crippen LogP contribution in [0.3, 0.4) is 0 Å². The summed E-state index contributed by atoms with van der Waals surface area (Å²) in [6.07, 6.45) is 13.3. The third-order valence-corrected chi connectivity index (χ3v) is 8.10. The van der Waals surface area contributed by atoms with Crippen molar-refractivity contribution in [1.29, 1.82) is 0 Å². The minimum absolute atomic E-state index is 0.177. The number of nitrogens with zero attached hydrogens (tertiary/aromatic N) is 4. The maximum Gasteiger partial charge on any atom is 0.271 e. The number of hydrogen-bond donors (Lipinski definition) is 1. The number of piperidine rings is 1. The van der Waals surface area contributed by atoms with E-state index in [1.54, 1.807) is 27.2 Å². The monoisotopic (exact) mass is 445 g/mol. The van der Waals surface area contributed by atoms with Crippen LogP contribution in [0.15, 0.2) is 35.7 Å². The lowest BCUT2D eigenvalue weighted by Crippen LogP contribution is -2.39. The Hall–Kier alpha value is -2.26. The number of carbonyl (C=O) groups is 1. The van der Waals surface area contributed by atoms with Crippen LogP contribution in [0.5, 0.6) is 0 Å². The maximum absolute atomic E-state index is 12.9. The van der Waals surface area contributed by atoms with Crippen LogP contribution >= 0.6 is 0 Å². The molecule has 1 saturated heterocycles. The Morgan fingerprint density at radius 3 is 2.52 bits per heavy atom. The van der Waals surface area contributed by atoms with Crippen LogP contribution in [-0.4, -0.2) is 52.3 Å². The Labute approximate surface area is 184 Å². The summed E-state index contributed by atoms with van der Waals surface area (Å²) in [5.41, 5.74) is 0.338. The minimum atomic E-state index is -3.54. The summed E-state index contributed by atoms with van der Waals surface area (Å²) in [7, 11) is -3.54. The van der Waals surface area contributed by atoms with Crippen molar-refractivity contribution in [1.82, 2.24) is 24.2 Å². The first-order valence-electron chi connectivity index (χ1n) is 11.2. The molecule has 2 aliphatic rings. The molecule has 3 heterocycles. The van der Waals surface area contributed by atoms with Gasteiger partial charge in [-0.2, -0.15) is 4.31 Å². The number of rotatable bonds is 5. The number of sulfonamides is 1. The number of carbonyl (C=O) groups excluding carboxylic acids is 1. The molecule has 0 aromatic carbocycles. The van der Waals surface area contributed by atoms with Crippen molar-refractivity contribution in [2.45, 2.75) is 69.2 Å². The van der Waals surface area contributed by atoms with E-state index in [1.807, 2.05) is 0 Å². The van der Waals surface area contributed by atoms with Gasteiger partial charge in [-0.1, -0.05) is 32.6 Å². The lowest BCUT2D eigenvalue weighted by Gasteiger charge is -2.29. The van der Waals surface area contributed by atoms with Gasteiger partial charge in [0, 0.05) is 31.5 Å². The number of amides is 1. The first-order valence-corrected chi connectivity index (χ1v) is 12.7. The van der Waals surface area contributed by atoms with Gasteiger partial charge in [0.2, 0.25) is 10.0 Å². The van der Waals surface area contributed by atoms with Gasteiger partial charge in [0.25, 0.3) is 5.91 Å². The van der Waals surface area contributed by atoms with Crippen LogP contribution in [0.25, 0.3) is 5.82 Å². The largest absolute Gasteiger partial charge is 0.348 e. The van der Waals surface area contributed by atoms with E-state index >= 15 is 0 Å². The summed E-state index contributed by atoms with van der Waals surface area (Å²) in [6.45, 7) is 3.17. The Morgan fingerprint density at radius 2 is 1.84 bits per heavy atom. The molecule has 2 aromatic rings. The van der Waals surface area contributed by atoms with Gasteiger partial charge < -0.3 is 5.32 Å². The van der Waals surface area contributed by atoms with Crippen LogP contribution < -0.4 is 5.32 Å². The molecule has 2 aromatic heterocycles. The first-order chi connectivity index (χ1) is 14.9. The molecule has 1 saturated carbocycles. The number of nitrogens with one attached hydrogen (secondary N) is 1. The maximum atomic E-state index is 12.9. The van der Waals surface area contributed by atoms with Gasteiger partial charge in [0.1, 0.15) is 22.7 Å². The van der Waals surface area contributed by atoms with Crippen LogP contribution in [0, 0.1) is 5.92 Å². The molecule has 1 atom stereocenters. The van der Waals surface area contributed by atoms with E-state index < -0.39 is 10.0 Å². The van der Waals surface area contributed by atoms with E-state index in [9.17, 15) is 13.2 Å². The molecular formula is C22H31N5O3S. The quantitative estimate of drug-likeness (QED) is 0.713. The number of imidazole rings is 1. The minimum Gasteiger partial charge on any atom is -0.348 e. The van der Waals surface area contributed by atoms with Gasteiger partial charge in [0.05, 0.1) is 0 Å². The molecule has 0 bridgehead atoms. The summed E-state index contributed by atoms with van der Waals surface area (Å²) in [5.74, 6) is 0.709. The van der Waals surface area contributed by atoms with Crippen LogP contribution in [0.2, 0.25) is 0 Å². The van der Waals surface area contributed by atoms with Crippen molar-refractivity contribution in [2.24, 2.45) is 5.92 Å². The highest BCUT2D eigenvalue weighted by Gasteiger charge is 2.29. The highest BCUT2D eigenvalue weighted by Crippen LogP contribution is 2.23. The third kappa shape index (κ3) is 5.15. The van der Waals surface area contributed by atoms with E-state index in [1.165, 1.54) is 25.4 Å². The van der Waals surface area contributed by atoms with Gasteiger partial charge >= 0.3 is 0 Å². The van der Waals surface area contributed by atoms with Gasteiger partial charge in [0.15, 0.2) is 0 Å². The molecule has 168 valence electrons. The Bertz CT molecular complexity index is 994. The molecule has 4 rings (SSSR count). The standard InChI is InChI=1S/C22H31N5O3S/c1-17-7-6-12-27(14-17)31(29,30)19-10-11-21(23-13-19)26-15-20(24-16-26)22(28)25-18-8-4-2-3-5-9-18/h10-11,13,15-18H,2-9,12,14H2,1H3,(H,25,28)/t17-/m0/s1. The zero-order valence-corrected chi connectivity index (χ0v) is 18.9. The van der Waals surface area contributed by atoms with Gasteiger partial charge in [-0.3, -0.25) is 9.36 Å². The summed E-state index contributed by atoms with van der Waals surface area (Å²) >= 11 is 0. The third-order valence-electron chi connectivity index (χ3n) is 6.25. The fourth-order valence-electron chi connectivity index (χ4n) is 4.44. The van der Waals surface area contributed by atoms with E-state index in [4.69, 9.17) is 0 Å². The topological polar surface area (TPSA) is 97.2 Å². The highest BCUT2D eigenvalue weighted by atomic mass is 32.2. The molecule has 8 nitrogen and oxygen atoms in total. The van der Waals surface area contributed by atoms with Crippen LogP contribution in [0.4, 0.5) is 0 Å². The molecule has 31 heavy (non-hydrogen) atoms. The normalized spacial score (nSPS) is 21.5. The molecule has 2 fully saturated rings. The molecule has 1 aliphatic heterocycles. The van der Waals surface area contributed by atoms with Crippen molar-refractivity contribution < 1.29 is 13.2 Å². The van der Waals surface area contributed by atoms with Crippen molar-refractivity contribution >= 4 is 15.9 Å². The molecule has 0 spiro atoms. The highest BCUT2D eigenvalue weighted by molar-refractivity contribution is 7.89. The Morgan fingerprint density at radius 1 is 1.06 bits per heavy atom. The zero-order chi connectivity index (χ0) is 21.8. The van der Waals surface area contributed by atoms with Crippen LogP contribution in [-0.2, 0) is 10.0 Å². The average Bonchev–Trinajstić information content (AvgIpc) is 3.13. The van der Waals surface area contributed by atoms with Crippen molar-refractivity contribution in [3.63, 3.8) is 0 Å². The predicted octanol–water partition coefficient (Wildman–Crippen LogP) is 3.14. The lowest BCUT2D eigenvalue weighted by atomic mass is 10.0. The summed E-state index contributed by atoms with van der Waals surface area (Å²) in [6, 6.07) is 3.43. The molecular weight excluding hydrogens is 414 g/mol. The summed E-state index contributed by atoms with van der Waals surface area (Å²) < 4.78 is 29.0. The molecule has 1 aliphatic carbocycles. The van der Waals surface area contributed by atoms with Gasteiger partial charge in [-0.15, -0.1) is 0 Å². The molecule has 9 heteroatoms. The summed E-state index contributed by atoms with van der Waals surface area (Å²) in [4.78, 5) is 21.3. The second-order valence-corrected chi connectivity index (χ2v) is 10.7. The zero-order valence-electron chi connectivity index (χ0n) is 18.0. The average molecular weight is 446 g/mol. The second-order valence-electron chi connectivity index (χ2n) is 8.79. The van der Waals surface area contributed by atoms with E-state index in [0.29, 0.717) is 30.5 Å². The van der Waals surface area contributed by atoms with E-state index in [-0.39, 0.29) is 16.8 Å². The van der Waals surface area contributed by atoms with Crippen molar-refractivity contribution in [3.8, 4) is 5.82 Å². The van der Waals surface area contributed by atoms with Gasteiger partial charge in [-0.25, -0.2) is 18.4 Å². The SMILES string of the molecule is C[C@H]1CCCN(S(=O)(=O)c2ccc(-n3cnc(C(=O)NC4CCCCCC4)c3)nc2)C1. The number of aromatic nitrogens is 3. The number of hydrogen-bond acceptors (Lipinski definition) is 5. The lowest BCUT2D eigenvalue weighted by molar-refractivity contribution is 0.0928. The smallest absolute Gasteiger partial charge is 0.271 e. The molecule has 0 unspecified atom stereocenters. The van der Waals surface area contributed by atoms with Gasteiger partial charge in [-0.05, 0) is 43.7 Å². The van der Waals surface area contributed by atoms with Crippen molar-refractivity contribution in [2.75, 3.05) is 13.1 Å². The number of pyridine rings is 1. The fourth-order valence-corrected chi connectivity index (χ4v) is 5.98. The second kappa shape index (κ2) is 9.48. The molecule has 1 amide bonds. The van der Waals surface area contributed by atoms with Crippen molar-refractivity contribution in [3.05, 3.63) is 36.5 Å². The predicted molar refractivity (Wildman–Crippen MR) is 117 cm³/mol. The fraction of sp³-hybridized carbons (Fsp3) is 0.591. The Balaban J connectivity index is 1.43. The molecule has 0 radical (unpaired) electrons. The van der Waals surface area contributed by atoms with Crippen LogP contribution in [0.1, 0.15) is 68.8 Å². The van der Waals surface area contributed by atoms with E-state index in [0.717, 1.165) is 38.5 Å². The molecule has 1 N–H and O–H groups in total.